The molecule has 5 rings (SSSR count). The van der Waals surface area contributed by atoms with E-state index in [9.17, 15) is 13.2 Å². The molecule has 3 aromatic carbocycles. The Labute approximate surface area is 204 Å². The van der Waals surface area contributed by atoms with Crippen molar-refractivity contribution in [2.45, 2.75) is 19.9 Å². The number of hydrogen-bond acceptors (Lipinski definition) is 4. The minimum absolute atomic E-state index is 0.190. The van der Waals surface area contributed by atoms with Gasteiger partial charge in [-0.1, -0.05) is 29.4 Å². The maximum atomic E-state index is 13.9. The van der Waals surface area contributed by atoms with Gasteiger partial charge in [0.25, 0.3) is 5.89 Å². The van der Waals surface area contributed by atoms with Crippen molar-refractivity contribution in [2.75, 3.05) is 4.90 Å². The molecule has 4 aromatic rings. The fraction of sp³-hybridized carbons (Fsp3) is 0.115. The fourth-order valence-corrected chi connectivity index (χ4v) is 4.44. The molecule has 0 saturated carbocycles. The van der Waals surface area contributed by atoms with Crippen molar-refractivity contribution >= 4 is 28.6 Å². The third kappa shape index (κ3) is 4.30. The van der Waals surface area contributed by atoms with Gasteiger partial charge in [0.1, 0.15) is 17.5 Å². The summed E-state index contributed by atoms with van der Waals surface area (Å²) in [6.07, 6.45) is 0. The van der Waals surface area contributed by atoms with Crippen LogP contribution in [0.3, 0.4) is 0 Å². The van der Waals surface area contributed by atoms with Gasteiger partial charge in [-0.3, -0.25) is 4.90 Å². The minimum atomic E-state index is -0.526. The van der Waals surface area contributed by atoms with E-state index in [-0.39, 0.29) is 23.3 Å². The van der Waals surface area contributed by atoms with E-state index in [1.54, 1.807) is 48.2 Å². The Morgan fingerprint density at radius 3 is 2.43 bits per heavy atom. The van der Waals surface area contributed by atoms with Gasteiger partial charge in [-0.05, 0) is 79.7 Å². The summed E-state index contributed by atoms with van der Waals surface area (Å²) in [6.45, 7) is 3.51. The van der Waals surface area contributed by atoms with Gasteiger partial charge in [0.15, 0.2) is 5.11 Å². The highest BCUT2D eigenvalue weighted by Gasteiger charge is 2.35. The molecule has 0 spiro atoms. The van der Waals surface area contributed by atoms with Gasteiger partial charge < -0.3 is 9.84 Å². The number of hydrogen-bond donors (Lipinski definition) is 1. The van der Waals surface area contributed by atoms with Crippen molar-refractivity contribution in [1.82, 2.24) is 15.5 Å². The molecule has 2 heterocycles. The van der Waals surface area contributed by atoms with Crippen LogP contribution in [0.2, 0.25) is 0 Å². The minimum Gasteiger partial charge on any atom is -0.351 e. The lowest BCUT2D eigenvalue weighted by atomic mass is 9.94. The molecule has 0 aliphatic carbocycles. The molecular formula is C26H19F3N4OS. The quantitative estimate of drug-likeness (QED) is 0.336. The summed E-state index contributed by atoms with van der Waals surface area (Å²) in [4.78, 5) is 6.28. The van der Waals surface area contributed by atoms with Crippen molar-refractivity contribution in [3.63, 3.8) is 0 Å². The smallest absolute Gasteiger partial charge is 0.258 e. The van der Waals surface area contributed by atoms with E-state index in [1.807, 2.05) is 6.92 Å². The molecule has 0 fully saturated rings. The molecule has 1 unspecified atom stereocenters. The highest BCUT2D eigenvalue weighted by atomic mass is 32.1. The van der Waals surface area contributed by atoms with Crippen LogP contribution >= 0.6 is 12.2 Å². The zero-order valence-electron chi connectivity index (χ0n) is 18.7. The molecule has 0 saturated heterocycles. The van der Waals surface area contributed by atoms with E-state index in [1.165, 1.54) is 30.3 Å². The molecule has 0 bridgehead atoms. The van der Waals surface area contributed by atoms with E-state index < -0.39 is 11.9 Å². The van der Waals surface area contributed by atoms with E-state index >= 15 is 0 Å². The Kier molecular flexibility index (Phi) is 5.86. The monoisotopic (exact) mass is 492 g/mol. The average molecular weight is 493 g/mol. The summed E-state index contributed by atoms with van der Waals surface area (Å²) in [5, 5.41) is 7.69. The van der Waals surface area contributed by atoms with Crippen LogP contribution in [-0.4, -0.2) is 15.3 Å². The number of anilines is 1. The zero-order valence-corrected chi connectivity index (χ0v) is 19.5. The van der Waals surface area contributed by atoms with Gasteiger partial charge in [0.05, 0.1) is 11.6 Å². The van der Waals surface area contributed by atoms with Crippen LogP contribution in [0.1, 0.15) is 30.0 Å². The number of benzene rings is 3. The normalized spacial score (nSPS) is 16.0. The van der Waals surface area contributed by atoms with Crippen LogP contribution in [0.4, 0.5) is 18.9 Å². The Morgan fingerprint density at radius 1 is 0.943 bits per heavy atom. The standard InChI is InChI=1S/C26H19F3N4OS/c1-14-12-20(10-11-21(14)29)33-15(2)22(23(30-26(33)35)16-6-8-18(27)9-7-16)25-31-24(32-34-25)17-4-3-5-19(28)13-17/h3-13,23H,1-2H3,(H,30,35). The molecule has 35 heavy (non-hydrogen) atoms. The summed E-state index contributed by atoms with van der Waals surface area (Å²) in [5.41, 5.74) is 3.57. The highest BCUT2D eigenvalue weighted by Crippen LogP contribution is 2.39. The summed E-state index contributed by atoms with van der Waals surface area (Å²) < 4.78 is 46.9. The van der Waals surface area contributed by atoms with Crippen LogP contribution in [-0.2, 0) is 0 Å². The number of nitrogens with one attached hydrogen (secondary N) is 1. The van der Waals surface area contributed by atoms with Gasteiger partial charge >= 0.3 is 0 Å². The maximum Gasteiger partial charge on any atom is 0.258 e. The van der Waals surface area contributed by atoms with Gasteiger partial charge in [-0.25, -0.2) is 13.2 Å². The molecule has 5 nitrogen and oxygen atoms in total. The van der Waals surface area contributed by atoms with Gasteiger partial charge in [0, 0.05) is 16.9 Å². The summed E-state index contributed by atoms with van der Waals surface area (Å²) in [5.74, 6) is -0.711. The van der Waals surface area contributed by atoms with Crippen LogP contribution in [0.5, 0.6) is 0 Å². The Hall–Kier alpha value is -3.98. The van der Waals surface area contributed by atoms with Crippen molar-refractivity contribution in [2.24, 2.45) is 0 Å². The highest BCUT2D eigenvalue weighted by molar-refractivity contribution is 7.80. The molecule has 1 aliphatic rings. The predicted molar refractivity (Wildman–Crippen MR) is 131 cm³/mol. The second-order valence-electron chi connectivity index (χ2n) is 8.14. The lowest BCUT2D eigenvalue weighted by Gasteiger charge is -2.37. The first-order chi connectivity index (χ1) is 16.8. The van der Waals surface area contributed by atoms with Crippen LogP contribution in [0.15, 0.2) is 77.0 Å². The first-order valence-corrected chi connectivity index (χ1v) is 11.2. The third-order valence-electron chi connectivity index (χ3n) is 5.83. The Bertz CT molecular complexity index is 1470. The van der Waals surface area contributed by atoms with Gasteiger partial charge in [-0.15, -0.1) is 0 Å². The molecule has 9 heteroatoms. The number of allylic oxidation sites excluding steroid dienone is 1. The summed E-state index contributed by atoms with van der Waals surface area (Å²) in [6, 6.07) is 16.0. The second-order valence-corrected chi connectivity index (χ2v) is 8.52. The molecule has 1 aromatic heterocycles. The molecule has 0 amide bonds. The number of halogens is 3. The lowest BCUT2D eigenvalue weighted by molar-refractivity contribution is 0.404. The number of thiocarbonyl (C=S) groups is 1. The Balaban J connectivity index is 1.66. The maximum absolute atomic E-state index is 13.9. The number of rotatable bonds is 4. The van der Waals surface area contributed by atoms with Crippen molar-refractivity contribution in [3.05, 3.63) is 107 Å². The number of aromatic nitrogens is 2. The van der Waals surface area contributed by atoms with Crippen molar-refractivity contribution in [1.29, 1.82) is 0 Å². The number of aryl methyl sites for hydroxylation is 1. The fourth-order valence-electron chi connectivity index (χ4n) is 4.08. The molecule has 0 radical (unpaired) electrons. The topological polar surface area (TPSA) is 54.2 Å². The second kappa shape index (κ2) is 8.99. The Morgan fingerprint density at radius 2 is 1.71 bits per heavy atom. The average Bonchev–Trinajstić information content (AvgIpc) is 3.31. The van der Waals surface area contributed by atoms with Crippen LogP contribution in [0.25, 0.3) is 17.0 Å². The van der Waals surface area contributed by atoms with Crippen molar-refractivity contribution in [3.8, 4) is 11.4 Å². The largest absolute Gasteiger partial charge is 0.351 e. The molecular weight excluding hydrogens is 473 g/mol. The molecule has 1 N–H and O–H groups in total. The van der Waals surface area contributed by atoms with Gasteiger partial charge in [-0.2, -0.15) is 4.98 Å². The van der Waals surface area contributed by atoms with Crippen LogP contribution in [0, 0.1) is 24.4 Å². The first-order valence-electron chi connectivity index (χ1n) is 10.7. The lowest BCUT2D eigenvalue weighted by Crippen LogP contribution is -2.46. The zero-order chi connectivity index (χ0) is 24.7. The van der Waals surface area contributed by atoms with E-state index in [0.29, 0.717) is 33.2 Å². The molecule has 176 valence electrons. The molecule has 1 atom stereocenters. The van der Waals surface area contributed by atoms with Crippen LogP contribution < -0.4 is 10.2 Å². The number of nitrogens with zero attached hydrogens (tertiary/aromatic N) is 3. The summed E-state index contributed by atoms with van der Waals surface area (Å²) >= 11 is 5.67. The SMILES string of the molecule is CC1=C(c2nc(-c3cccc(F)c3)no2)C(c2ccc(F)cc2)NC(=S)N1c1ccc(F)c(C)c1. The summed E-state index contributed by atoms with van der Waals surface area (Å²) in [7, 11) is 0. The van der Waals surface area contributed by atoms with E-state index in [2.05, 4.69) is 15.5 Å². The predicted octanol–water partition coefficient (Wildman–Crippen LogP) is 6.33. The first kappa shape index (κ1) is 22.8. The molecule has 1 aliphatic heterocycles. The van der Waals surface area contributed by atoms with Gasteiger partial charge in [0.2, 0.25) is 5.82 Å². The third-order valence-corrected chi connectivity index (χ3v) is 6.13. The van der Waals surface area contributed by atoms with Crippen molar-refractivity contribution < 1.29 is 17.7 Å². The van der Waals surface area contributed by atoms with E-state index in [0.717, 1.165) is 5.56 Å². The van der Waals surface area contributed by atoms with E-state index in [4.69, 9.17) is 16.7 Å².